The van der Waals surface area contributed by atoms with Crippen LogP contribution in [0.1, 0.15) is 33.1 Å². The predicted molar refractivity (Wildman–Crippen MR) is 75.4 cm³/mol. The average Bonchev–Trinajstić information content (AvgIpc) is 2.40. The lowest BCUT2D eigenvalue weighted by Crippen LogP contribution is -2.28. The van der Waals surface area contributed by atoms with Crippen molar-refractivity contribution in [1.82, 2.24) is 5.32 Å². The molecule has 1 N–H and O–H groups in total. The van der Waals surface area contributed by atoms with Gasteiger partial charge in [-0.3, -0.25) is 0 Å². The first-order valence-electron chi connectivity index (χ1n) is 6.82. The van der Waals surface area contributed by atoms with Crippen LogP contribution in [0.3, 0.4) is 0 Å². The highest BCUT2D eigenvalue weighted by atomic mass is 32.2. The highest BCUT2D eigenvalue weighted by molar-refractivity contribution is 7.91. The van der Waals surface area contributed by atoms with Gasteiger partial charge < -0.3 is 5.32 Å². The molecule has 0 fully saturated rings. The minimum absolute atomic E-state index is 0.171. The molecule has 0 heterocycles. The molecule has 0 saturated carbocycles. The molecule has 1 unspecified atom stereocenters. The van der Waals surface area contributed by atoms with Crippen LogP contribution in [0.2, 0.25) is 0 Å². The molecule has 0 bridgehead atoms. The first kappa shape index (κ1) is 17.0. The lowest BCUT2D eigenvalue weighted by molar-refractivity contribution is 0.474. The Morgan fingerprint density at radius 3 is 2.55 bits per heavy atom. The predicted octanol–water partition coefficient (Wildman–Crippen LogP) is 2.91. The minimum atomic E-state index is -3.78. The average molecular weight is 305 g/mol. The van der Waals surface area contributed by atoms with E-state index in [1.807, 2.05) is 13.8 Å². The fourth-order valence-electron chi connectivity index (χ4n) is 2.08. The van der Waals surface area contributed by atoms with Gasteiger partial charge in [-0.05, 0) is 44.0 Å². The molecule has 1 aromatic rings. The lowest BCUT2D eigenvalue weighted by atomic mass is 10.1. The van der Waals surface area contributed by atoms with Gasteiger partial charge in [-0.1, -0.05) is 13.8 Å². The quantitative estimate of drug-likeness (QED) is 0.803. The second-order valence-electron chi connectivity index (χ2n) is 4.70. The molecular formula is C14H21F2NO2S. The molecule has 114 valence electrons. The van der Waals surface area contributed by atoms with Gasteiger partial charge in [-0.15, -0.1) is 0 Å². The summed E-state index contributed by atoms with van der Waals surface area (Å²) in [6.45, 7) is 4.83. The molecule has 0 amide bonds. The Bertz CT molecular complexity index is 532. The SMILES string of the molecule is CCNC(CC)CCCS(=O)(=O)c1cc(F)ccc1F. The van der Waals surface area contributed by atoms with Crippen molar-refractivity contribution in [3.63, 3.8) is 0 Å². The van der Waals surface area contributed by atoms with Gasteiger partial charge in [-0.25, -0.2) is 17.2 Å². The molecule has 1 atom stereocenters. The maximum Gasteiger partial charge on any atom is 0.181 e. The van der Waals surface area contributed by atoms with E-state index in [1.54, 1.807) is 0 Å². The third kappa shape index (κ3) is 4.83. The smallest absolute Gasteiger partial charge is 0.181 e. The van der Waals surface area contributed by atoms with Crippen LogP contribution >= 0.6 is 0 Å². The van der Waals surface area contributed by atoms with Crippen molar-refractivity contribution in [3.8, 4) is 0 Å². The summed E-state index contributed by atoms with van der Waals surface area (Å²) in [5, 5.41) is 3.25. The van der Waals surface area contributed by atoms with E-state index in [0.29, 0.717) is 12.8 Å². The number of benzene rings is 1. The van der Waals surface area contributed by atoms with Crippen molar-refractivity contribution in [2.24, 2.45) is 0 Å². The van der Waals surface area contributed by atoms with Gasteiger partial charge in [0.1, 0.15) is 16.5 Å². The Labute approximate surface area is 119 Å². The number of rotatable bonds is 8. The van der Waals surface area contributed by atoms with Gasteiger partial charge in [0.15, 0.2) is 9.84 Å². The van der Waals surface area contributed by atoms with E-state index < -0.39 is 26.4 Å². The summed E-state index contributed by atoms with van der Waals surface area (Å²) < 4.78 is 50.5. The fourth-order valence-corrected chi connectivity index (χ4v) is 3.51. The van der Waals surface area contributed by atoms with Crippen molar-refractivity contribution in [2.45, 2.75) is 44.0 Å². The minimum Gasteiger partial charge on any atom is -0.314 e. The molecule has 0 saturated heterocycles. The molecular weight excluding hydrogens is 284 g/mol. The molecule has 0 aromatic heterocycles. The zero-order valence-corrected chi connectivity index (χ0v) is 12.6. The van der Waals surface area contributed by atoms with Gasteiger partial charge in [0.2, 0.25) is 0 Å². The van der Waals surface area contributed by atoms with Crippen LogP contribution in [0.5, 0.6) is 0 Å². The lowest BCUT2D eigenvalue weighted by Gasteiger charge is -2.15. The fraction of sp³-hybridized carbons (Fsp3) is 0.571. The Kier molecular flexibility index (Phi) is 6.55. The van der Waals surface area contributed by atoms with Crippen LogP contribution < -0.4 is 5.32 Å². The molecule has 6 heteroatoms. The Hall–Kier alpha value is -1.01. The summed E-state index contributed by atoms with van der Waals surface area (Å²) in [5.74, 6) is -1.82. The molecule has 0 aliphatic carbocycles. The maximum atomic E-state index is 13.5. The zero-order valence-electron chi connectivity index (χ0n) is 11.8. The van der Waals surface area contributed by atoms with E-state index in [4.69, 9.17) is 0 Å². The standard InChI is InChI=1S/C14H21F2NO2S/c1-3-12(17-4-2)6-5-9-20(18,19)14-10-11(15)7-8-13(14)16/h7-8,10,12,17H,3-6,9H2,1-2H3. The summed E-state index contributed by atoms with van der Waals surface area (Å²) in [6.07, 6.45) is 2.02. The molecule has 1 rings (SSSR count). The van der Waals surface area contributed by atoms with Crippen LogP contribution in [0.15, 0.2) is 23.1 Å². The molecule has 3 nitrogen and oxygen atoms in total. The van der Waals surface area contributed by atoms with Gasteiger partial charge in [-0.2, -0.15) is 0 Å². The molecule has 0 spiro atoms. The number of halogens is 2. The summed E-state index contributed by atoms with van der Waals surface area (Å²) in [5.41, 5.74) is 0. The monoisotopic (exact) mass is 305 g/mol. The van der Waals surface area contributed by atoms with Crippen LogP contribution in [-0.4, -0.2) is 26.8 Å². The van der Waals surface area contributed by atoms with Crippen molar-refractivity contribution >= 4 is 9.84 Å². The third-order valence-electron chi connectivity index (χ3n) is 3.18. The highest BCUT2D eigenvalue weighted by Crippen LogP contribution is 2.18. The van der Waals surface area contributed by atoms with Gasteiger partial charge in [0.25, 0.3) is 0 Å². The first-order valence-corrected chi connectivity index (χ1v) is 8.47. The van der Waals surface area contributed by atoms with Crippen LogP contribution in [0.4, 0.5) is 8.78 Å². The Balaban J connectivity index is 2.68. The molecule has 0 aliphatic heterocycles. The zero-order chi connectivity index (χ0) is 15.2. The normalized spacial score (nSPS) is 13.4. The van der Waals surface area contributed by atoms with Crippen molar-refractivity contribution in [1.29, 1.82) is 0 Å². The summed E-state index contributed by atoms with van der Waals surface area (Å²) in [7, 11) is -3.78. The largest absolute Gasteiger partial charge is 0.314 e. The second kappa shape index (κ2) is 7.69. The summed E-state index contributed by atoms with van der Waals surface area (Å²) in [4.78, 5) is -0.547. The van der Waals surface area contributed by atoms with Crippen molar-refractivity contribution in [3.05, 3.63) is 29.8 Å². The van der Waals surface area contributed by atoms with Crippen LogP contribution in [0, 0.1) is 11.6 Å². The van der Waals surface area contributed by atoms with E-state index in [-0.39, 0.29) is 11.8 Å². The second-order valence-corrected chi connectivity index (χ2v) is 6.78. The maximum absolute atomic E-state index is 13.5. The van der Waals surface area contributed by atoms with Gasteiger partial charge in [0.05, 0.1) is 5.75 Å². The van der Waals surface area contributed by atoms with Crippen LogP contribution in [0.25, 0.3) is 0 Å². The van der Waals surface area contributed by atoms with Gasteiger partial charge >= 0.3 is 0 Å². The highest BCUT2D eigenvalue weighted by Gasteiger charge is 2.20. The van der Waals surface area contributed by atoms with Crippen molar-refractivity contribution < 1.29 is 17.2 Å². The van der Waals surface area contributed by atoms with Crippen LogP contribution in [-0.2, 0) is 9.84 Å². The Morgan fingerprint density at radius 1 is 1.25 bits per heavy atom. The molecule has 0 aliphatic rings. The van der Waals surface area contributed by atoms with E-state index in [2.05, 4.69) is 5.32 Å². The van der Waals surface area contributed by atoms with E-state index in [9.17, 15) is 17.2 Å². The number of nitrogens with one attached hydrogen (secondary N) is 1. The van der Waals surface area contributed by atoms with Gasteiger partial charge in [0, 0.05) is 6.04 Å². The number of hydrogen-bond acceptors (Lipinski definition) is 3. The van der Waals surface area contributed by atoms with Crippen molar-refractivity contribution in [2.75, 3.05) is 12.3 Å². The summed E-state index contributed by atoms with van der Waals surface area (Å²) in [6, 6.07) is 2.75. The molecule has 20 heavy (non-hydrogen) atoms. The third-order valence-corrected chi connectivity index (χ3v) is 4.99. The number of hydrogen-bond donors (Lipinski definition) is 1. The topological polar surface area (TPSA) is 46.2 Å². The molecule has 0 radical (unpaired) electrons. The summed E-state index contributed by atoms with van der Waals surface area (Å²) >= 11 is 0. The Morgan fingerprint density at radius 2 is 1.95 bits per heavy atom. The van der Waals surface area contributed by atoms with E-state index in [1.165, 1.54) is 0 Å². The first-order chi connectivity index (χ1) is 9.40. The van der Waals surface area contributed by atoms with E-state index in [0.717, 1.165) is 31.2 Å². The molecule has 1 aromatic carbocycles. The number of sulfone groups is 1. The van der Waals surface area contributed by atoms with E-state index >= 15 is 0 Å².